The first kappa shape index (κ1) is 27.6. The van der Waals surface area contributed by atoms with E-state index in [1.807, 2.05) is 37.3 Å². The number of pyridine rings is 1. The minimum Gasteiger partial charge on any atom is -0.475 e. The van der Waals surface area contributed by atoms with Crippen LogP contribution in [0, 0.1) is 11.3 Å². The summed E-state index contributed by atoms with van der Waals surface area (Å²) < 4.78 is 59.3. The van der Waals surface area contributed by atoms with Crippen molar-refractivity contribution in [1.82, 2.24) is 14.2 Å². The van der Waals surface area contributed by atoms with Crippen molar-refractivity contribution >= 4 is 21.9 Å². The van der Waals surface area contributed by atoms with Crippen LogP contribution in [0.15, 0.2) is 53.6 Å². The van der Waals surface area contributed by atoms with Crippen LogP contribution in [0.2, 0.25) is 0 Å². The Kier molecular flexibility index (Phi) is 8.09. The quantitative estimate of drug-likeness (QED) is 0.618. The van der Waals surface area contributed by atoms with Crippen molar-refractivity contribution in [2.75, 3.05) is 20.1 Å². The van der Waals surface area contributed by atoms with Crippen LogP contribution in [0.25, 0.3) is 0 Å². The molecule has 2 atom stereocenters. The van der Waals surface area contributed by atoms with Gasteiger partial charge in [0, 0.05) is 32.3 Å². The molecular formula is C24H28F3N3O5S. The van der Waals surface area contributed by atoms with E-state index < -0.39 is 22.2 Å². The molecule has 2 aromatic rings. The van der Waals surface area contributed by atoms with E-state index >= 15 is 0 Å². The Balaban J connectivity index is 0.000000454. The second kappa shape index (κ2) is 10.6. The number of hydrogen-bond donors (Lipinski definition) is 1. The number of sulfonamides is 1. The highest BCUT2D eigenvalue weighted by atomic mass is 32.2. The first-order chi connectivity index (χ1) is 16.8. The molecule has 1 saturated carbocycles. The third-order valence-corrected chi connectivity index (χ3v) is 8.41. The summed E-state index contributed by atoms with van der Waals surface area (Å²) in [4.78, 5) is 28.1. The van der Waals surface area contributed by atoms with Gasteiger partial charge in [-0.05, 0) is 54.5 Å². The number of carbonyl (C=O) groups is 2. The normalized spacial score (nSPS) is 21.5. The van der Waals surface area contributed by atoms with Crippen molar-refractivity contribution in [2.24, 2.45) is 11.3 Å². The summed E-state index contributed by atoms with van der Waals surface area (Å²) in [6.45, 7) is 3.42. The van der Waals surface area contributed by atoms with E-state index in [1.165, 1.54) is 0 Å². The maximum absolute atomic E-state index is 13.0. The first-order valence-corrected chi connectivity index (χ1v) is 12.8. The second-order valence-corrected chi connectivity index (χ2v) is 11.0. The zero-order valence-electron chi connectivity index (χ0n) is 19.9. The van der Waals surface area contributed by atoms with Gasteiger partial charge in [0.2, 0.25) is 15.9 Å². The summed E-state index contributed by atoms with van der Waals surface area (Å²) in [6.07, 6.45) is -0.978. The second-order valence-electron chi connectivity index (χ2n) is 9.02. The van der Waals surface area contributed by atoms with Crippen LogP contribution in [0.3, 0.4) is 0 Å². The number of rotatable bonds is 6. The number of benzene rings is 1. The maximum atomic E-state index is 13.0. The van der Waals surface area contributed by atoms with Crippen LogP contribution in [0.5, 0.6) is 0 Å². The zero-order valence-corrected chi connectivity index (χ0v) is 20.7. The van der Waals surface area contributed by atoms with E-state index in [9.17, 15) is 26.4 Å². The molecule has 1 aliphatic heterocycles. The van der Waals surface area contributed by atoms with Gasteiger partial charge in [-0.2, -0.15) is 17.5 Å². The van der Waals surface area contributed by atoms with Crippen LogP contribution >= 0.6 is 0 Å². The summed E-state index contributed by atoms with van der Waals surface area (Å²) >= 11 is 0. The largest absolute Gasteiger partial charge is 0.490 e. The molecule has 1 aliphatic carbocycles. The average molecular weight is 528 g/mol. The first-order valence-electron chi connectivity index (χ1n) is 11.3. The van der Waals surface area contributed by atoms with Crippen LogP contribution < -0.4 is 0 Å². The summed E-state index contributed by atoms with van der Waals surface area (Å²) in [6, 6.07) is 12.8. The maximum Gasteiger partial charge on any atom is 0.490 e. The standard InChI is InChI=1S/C22H27N3O3S.C2HF3O2/c1-3-17-7-9-19(10-8-17)29(27,28)25-13-11-22(16-25)14-20(22)21(26)24(2)15-18-6-4-5-12-23-18;3-2(4,5)1(6)7/h4-10,12,20H,3,11,13-16H2,1-2H3;(H,6,7). The van der Waals surface area contributed by atoms with E-state index in [2.05, 4.69) is 4.98 Å². The number of halogens is 3. The number of carboxylic acids is 1. The van der Waals surface area contributed by atoms with Gasteiger partial charge in [0.1, 0.15) is 0 Å². The lowest BCUT2D eigenvalue weighted by molar-refractivity contribution is -0.192. The third kappa shape index (κ3) is 6.22. The van der Waals surface area contributed by atoms with E-state index in [0.717, 1.165) is 30.5 Å². The summed E-state index contributed by atoms with van der Waals surface area (Å²) in [5.74, 6) is -2.77. The van der Waals surface area contributed by atoms with Gasteiger partial charge >= 0.3 is 12.1 Å². The Morgan fingerprint density at radius 2 is 1.83 bits per heavy atom. The van der Waals surface area contributed by atoms with Crippen molar-refractivity contribution in [2.45, 2.75) is 43.8 Å². The molecule has 2 heterocycles. The molecule has 1 N–H and O–H groups in total. The number of alkyl halides is 3. The molecule has 196 valence electrons. The number of aromatic nitrogens is 1. The van der Waals surface area contributed by atoms with Gasteiger partial charge in [0.05, 0.1) is 17.1 Å². The molecular weight excluding hydrogens is 499 g/mol. The van der Waals surface area contributed by atoms with E-state index in [-0.39, 0.29) is 17.2 Å². The number of carboxylic acid groups (broad SMARTS) is 1. The number of aryl methyl sites for hydroxylation is 1. The van der Waals surface area contributed by atoms with Gasteiger partial charge in [-0.1, -0.05) is 25.1 Å². The van der Waals surface area contributed by atoms with Crippen LogP contribution in [0.1, 0.15) is 31.0 Å². The molecule has 2 unspecified atom stereocenters. The number of hydrogen-bond acceptors (Lipinski definition) is 5. The number of nitrogens with zero attached hydrogens (tertiary/aromatic N) is 3. The highest BCUT2D eigenvalue weighted by Gasteiger charge is 2.62. The van der Waals surface area contributed by atoms with Crippen molar-refractivity contribution in [1.29, 1.82) is 0 Å². The Hall–Kier alpha value is -2.99. The number of carbonyl (C=O) groups excluding carboxylic acids is 1. The van der Waals surface area contributed by atoms with Crippen molar-refractivity contribution < 1.29 is 36.3 Å². The lowest BCUT2D eigenvalue weighted by atomic mass is 10.0. The topological polar surface area (TPSA) is 108 Å². The molecule has 1 aromatic heterocycles. The Bertz CT molecular complexity index is 1190. The predicted octanol–water partition coefficient (Wildman–Crippen LogP) is 3.34. The lowest BCUT2D eigenvalue weighted by Gasteiger charge is -2.19. The molecule has 0 radical (unpaired) electrons. The van der Waals surface area contributed by atoms with Gasteiger partial charge in [0.15, 0.2) is 0 Å². The van der Waals surface area contributed by atoms with Gasteiger partial charge in [-0.15, -0.1) is 0 Å². The third-order valence-electron chi connectivity index (χ3n) is 6.55. The molecule has 36 heavy (non-hydrogen) atoms. The molecule has 1 amide bonds. The molecule has 0 bridgehead atoms. The molecule has 12 heteroatoms. The van der Waals surface area contributed by atoms with Gasteiger partial charge in [-0.25, -0.2) is 13.2 Å². The highest BCUT2D eigenvalue weighted by Crippen LogP contribution is 2.59. The highest BCUT2D eigenvalue weighted by molar-refractivity contribution is 7.89. The van der Waals surface area contributed by atoms with Crippen molar-refractivity contribution in [3.8, 4) is 0 Å². The van der Waals surface area contributed by atoms with Crippen LogP contribution in [-0.4, -0.2) is 65.9 Å². The Morgan fingerprint density at radius 1 is 1.19 bits per heavy atom. The number of amides is 1. The van der Waals surface area contributed by atoms with E-state index in [1.54, 1.807) is 34.6 Å². The lowest BCUT2D eigenvalue weighted by Crippen LogP contribution is -2.32. The fraction of sp³-hybridized carbons (Fsp3) is 0.458. The Labute approximate surface area is 207 Å². The van der Waals surface area contributed by atoms with Crippen molar-refractivity contribution in [3.63, 3.8) is 0 Å². The minimum absolute atomic E-state index is 0.0854. The van der Waals surface area contributed by atoms with Gasteiger partial charge in [0.25, 0.3) is 0 Å². The molecule has 2 aliphatic rings. The molecule has 4 rings (SSSR count). The predicted molar refractivity (Wildman–Crippen MR) is 124 cm³/mol. The minimum atomic E-state index is -5.08. The van der Waals surface area contributed by atoms with Crippen LogP contribution in [-0.2, 0) is 32.6 Å². The number of aliphatic carboxylic acids is 1. The summed E-state index contributed by atoms with van der Waals surface area (Å²) in [5, 5.41) is 7.12. The van der Waals surface area contributed by atoms with Gasteiger partial charge in [-0.3, -0.25) is 9.78 Å². The molecule has 1 saturated heterocycles. The molecule has 1 spiro atoms. The Morgan fingerprint density at radius 3 is 2.36 bits per heavy atom. The summed E-state index contributed by atoms with van der Waals surface area (Å²) in [7, 11) is -1.72. The monoisotopic (exact) mass is 527 g/mol. The molecule has 2 fully saturated rings. The van der Waals surface area contributed by atoms with Gasteiger partial charge < -0.3 is 10.0 Å². The zero-order chi connectivity index (χ0) is 26.7. The van der Waals surface area contributed by atoms with Crippen molar-refractivity contribution in [3.05, 3.63) is 59.9 Å². The molecule has 8 nitrogen and oxygen atoms in total. The van der Waals surface area contributed by atoms with E-state index in [0.29, 0.717) is 24.5 Å². The average Bonchev–Trinajstić information content (AvgIpc) is 3.36. The summed E-state index contributed by atoms with van der Waals surface area (Å²) in [5.41, 5.74) is 1.76. The van der Waals surface area contributed by atoms with E-state index in [4.69, 9.17) is 9.90 Å². The fourth-order valence-electron chi connectivity index (χ4n) is 4.33. The fourth-order valence-corrected chi connectivity index (χ4v) is 5.87. The van der Waals surface area contributed by atoms with Crippen LogP contribution in [0.4, 0.5) is 13.2 Å². The smallest absolute Gasteiger partial charge is 0.475 e. The molecule has 1 aromatic carbocycles. The SMILES string of the molecule is CCc1ccc(S(=O)(=O)N2CCC3(CC3C(=O)N(C)Cc3ccccn3)C2)cc1.O=C(O)C(F)(F)F.